The molecule has 34 heavy (non-hydrogen) atoms. The van der Waals surface area contributed by atoms with Gasteiger partial charge in [-0.3, -0.25) is 4.79 Å². The molecule has 7 nitrogen and oxygen atoms in total. The number of rotatable bonds is 5. The van der Waals surface area contributed by atoms with Crippen LogP contribution in [0, 0.1) is 0 Å². The van der Waals surface area contributed by atoms with Gasteiger partial charge < -0.3 is 20.1 Å². The molecular weight excluding hydrogens is 432 g/mol. The van der Waals surface area contributed by atoms with Gasteiger partial charge in [-0.2, -0.15) is 0 Å². The molecule has 1 aliphatic heterocycles. The SMILES string of the molecule is O=C(N[C@H]1CC(C(=O)O)N(C(=O)c2ccccc2)C1)OCC1c2ccccc2-c2ccccc21. The topological polar surface area (TPSA) is 95.9 Å². The molecule has 1 saturated heterocycles. The molecule has 1 aliphatic carbocycles. The normalized spacial score (nSPS) is 18.8. The average Bonchev–Trinajstić information content (AvgIpc) is 3.42. The van der Waals surface area contributed by atoms with Gasteiger partial charge in [-0.1, -0.05) is 66.7 Å². The lowest BCUT2D eigenvalue weighted by Crippen LogP contribution is -2.41. The number of carbonyl (C=O) groups excluding carboxylic acids is 2. The van der Waals surface area contributed by atoms with E-state index in [-0.39, 0.29) is 31.4 Å². The second-order valence-electron chi connectivity index (χ2n) is 8.58. The number of alkyl carbamates (subject to hydrolysis) is 1. The molecule has 2 amide bonds. The van der Waals surface area contributed by atoms with Crippen LogP contribution >= 0.6 is 0 Å². The molecule has 1 heterocycles. The third-order valence-corrected chi connectivity index (χ3v) is 6.53. The Morgan fingerprint density at radius 3 is 2.09 bits per heavy atom. The first kappa shape index (κ1) is 21.7. The zero-order valence-corrected chi connectivity index (χ0v) is 18.4. The summed E-state index contributed by atoms with van der Waals surface area (Å²) in [6, 6.07) is 23.2. The fourth-order valence-corrected chi connectivity index (χ4v) is 4.95. The first-order chi connectivity index (χ1) is 16.5. The maximum atomic E-state index is 12.8. The summed E-state index contributed by atoms with van der Waals surface area (Å²) in [7, 11) is 0. The van der Waals surface area contributed by atoms with Crippen molar-refractivity contribution in [2.75, 3.05) is 13.2 Å². The maximum Gasteiger partial charge on any atom is 0.407 e. The fourth-order valence-electron chi connectivity index (χ4n) is 4.95. The van der Waals surface area contributed by atoms with Crippen LogP contribution in [0.25, 0.3) is 11.1 Å². The molecule has 172 valence electrons. The van der Waals surface area contributed by atoms with E-state index in [9.17, 15) is 19.5 Å². The van der Waals surface area contributed by atoms with Crippen molar-refractivity contribution < 1.29 is 24.2 Å². The summed E-state index contributed by atoms with van der Waals surface area (Å²) in [5.74, 6) is -1.53. The molecule has 2 atom stereocenters. The summed E-state index contributed by atoms with van der Waals surface area (Å²) in [6.07, 6.45) is -0.497. The molecule has 0 radical (unpaired) electrons. The molecule has 7 heteroatoms. The van der Waals surface area contributed by atoms with E-state index in [1.54, 1.807) is 30.3 Å². The Morgan fingerprint density at radius 1 is 0.882 bits per heavy atom. The molecule has 2 N–H and O–H groups in total. The summed E-state index contributed by atoms with van der Waals surface area (Å²) in [5.41, 5.74) is 4.92. The Morgan fingerprint density at radius 2 is 1.47 bits per heavy atom. The van der Waals surface area contributed by atoms with Crippen molar-refractivity contribution in [1.82, 2.24) is 10.2 Å². The van der Waals surface area contributed by atoms with E-state index in [4.69, 9.17) is 4.74 Å². The number of ether oxygens (including phenoxy) is 1. The Bertz CT molecular complexity index is 1200. The van der Waals surface area contributed by atoms with Crippen molar-refractivity contribution in [1.29, 1.82) is 0 Å². The van der Waals surface area contributed by atoms with Gasteiger partial charge in [-0.25, -0.2) is 9.59 Å². The molecule has 0 spiro atoms. The number of hydrogen-bond acceptors (Lipinski definition) is 4. The number of likely N-dealkylation sites (tertiary alicyclic amines) is 1. The first-order valence-corrected chi connectivity index (χ1v) is 11.2. The number of carboxylic acid groups (broad SMARTS) is 1. The minimum Gasteiger partial charge on any atom is -0.480 e. The van der Waals surface area contributed by atoms with Crippen LogP contribution in [0.2, 0.25) is 0 Å². The van der Waals surface area contributed by atoms with Crippen molar-refractivity contribution in [3.8, 4) is 11.1 Å². The van der Waals surface area contributed by atoms with Crippen molar-refractivity contribution in [3.63, 3.8) is 0 Å². The van der Waals surface area contributed by atoms with Crippen LogP contribution in [0.3, 0.4) is 0 Å². The molecule has 1 unspecified atom stereocenters. The minimum absolute atomic E-state index is 0.0651. The Balaban J connectivity index is 1.24. The number of fused-ring (bicyclic) bond motifs is 3. The summed E-state index contributed by atoms with van der Waals surface area (Å²) < 4.78 is 5.58. The Kier molecular flexibility index (Phi) is 5.76. The molecule has 2 aliphatic rings. The number of carbonyl (C=O) groups is 3. The molecule has 1 fully saturated rings. The molecule has 0 aromatic heterocycles. The summed E-state index contributed by atoms with van der Waals surface area (Å²) in [6.45, 7) is 0.274. The van der Waals surface area contributed by atoms with Gasteiger partial charge in [0.05, 0.1) is 6.04 Å². The van der Waals surface area contributed by atoms with Crippen LogP contribution in [0.1, 0.15) is 33.8 Å². The smallest absolute Gasteiger partial charge is 0.407 e. The summed E-state index contributed by atoms with van der Waals surface area (Å²) in [4.78, 5) is 38.5. The standard InChI is InChI=1S/C27H24N2O5/c30-25(17-8-2-1-3-9-17)29-15-18(14-24(29)26(31)32)28-27(33)34-16-23-21-12-6-4-10-19(21)20-11-5-7-13-22(20)23/h1-13,18,23-24H,14-16H2,(H,28,33)(H,31,32)/t18-,24?/m0/s1. The lowest BCUT2D eigenvalue weighted by molar-refractivity contribution is -0.141. The Hall–Kier alpha value is -4.13. The summed E-state index contributed by atoms with van der Waals surface area (Å²) >= 11 is 0. The molecule has 3 aromatic rings. The predicted octanol–water partition coefficient (Wildman–Crippen LogP) is 3.89. The number of aliphatic carboxylic acids is 1. The van der Waals surface area contributed by atoms with Crippen molar-refractivity contribution >= 4 is 18.0 Å². The van der Waals surface area contributed by atoms with Gasteiger partial charge in [-0.15, -0.1) is 0 Å². The monoisotopic (exact) mass is 456 g/mol. The molecule has 3 aromatic carbocycles. The van der Waals surface area contributed by atoms with Gasteiger partial charge in [-0.05, 0) is 34.4 Å². The number of carboxylic acids is 1. The van der Waals surface area contributed by atoms with Gasteiger partial charge in [0.25, 0.3) is 5.91 Å². The van der Waals surface area contributed by atoms with E-state index in [0.717, 1.165) is 22.3 Å². The highest BCUT2D eigenvalue weighted by atomic mass is 16.5. The quantitative estimate of drug-likeness (QED) is 0.607. The third-order valence-electron chi connectivity index (χ3n) is 6.53. The zero-order valence-electron chi connectivity index (χ0n) is 18.4. The van der Waals surface area contributed by atoms with E-state index >= 15 is 0 Å². The second kappa shape index (κ2) is 9.02. The van der Waals surface area contributed by atoms with Crippen LogP contribution in [0.4, 0.5) is 4.79 Å². The zero-order chi connectivity index (χ0) is 23.7. The van der Waals surface area contributed by atoms with Crippen molar-refractivity contribution in [2.45, 2.75) is 24.4 Å². The third kappa shape index (κ3) is 4.01. The van der Waals surface area contributed by atoms with Crippen LogP contribution in [-0.2, 0) is 9.53 Å². The van der Waals surface area contributed by atoms with Crippen LogP contribution in [-0.4, -0.2) is 53.2 Å². The molecule has 5 rings (SSSR count). The number of hydrogen-bond donors (Lipinski definition) is 2. The van der Waals surface area contributed by atoms with E-state index < -0.39 is 24.1 Å². The van der Waals surface area contributed by atoms with Gasteiger partial charge in [0.1, 0.15) is 12.6 Å². The van der Waals surface area contributed by atoms with Gasteiger partial charge in [0, 0.05) is 24.4 Å². The van der Waals surface area contributed by atoms with Crippen molar-refractivity contribution in [2.24, 2.45) is 0 Å². The maximum absolute atomic E-state index is 12.8. The average molecular weight is 456 g/mol. The van der Waals surface area contributed by atoms with E-state index in [1.165, 1.54) is 4.90 Å². The highest BCUT2D eigenvalue weighted by Gasteiger charge is 2.41. The van der Waals surface area contributed by atoms with Gasteiger partial charge >= 0.3 is 12.1 Å². The Labute approximate surface area is 197 Å². The lowest BCUT2D eigenvalue weighted by atomic mass is 9.98. The largest absolute Gasteiger partial charge is 0.480 e. The van der Waals surface area contributed by atoms with Crippen molar-refractivity contribution in [3.05, 3.63) is 95.6 Å². The highest BCUT2D eigenvalue weighted by molar-refractivity contribution is 5.97. The highest BCUT2D eigenvalue weighted by Crippen LogP contribution is 2.44. The van der Waals surface area contributed by atoms with Crippen LogP contribution in [0.15, 0.2) is 78.9 Å². The van der Waals surface area contributed by atoms with E-state index in [1.807, 2.05) is 36.4 Å². The van der Waals surface area contributed by atoms with Gasteiger partial charge in [0.15, 0.2) is 0 Å². The fraction of sp³-hybridized carbons (Fsp3) is 0.222. The van der Waals surface area contributed by atoms with Crippen LogP contribution < -0.4 is 5.32 Å². The number of nitrogens with one attached hydrogen (secondary N) is 1. The number of nitrogens with zero attached hydrogens (tertiary/aromatic N) is 1. The lowest BCUT2D eigenvalue weighted by Gasteiger charge is -2.21. The first-order valence-electron chi connectivity index (χ1n) is 11.2. The minimum atomic E-state index is -1.10. The molecular formula is C27H24N2O5. The van der Waals surface area contributed by atoms with E-state index in [0.29, 0.717) is 5.56 Å². The molecule has 0 bridgehead atoms. The van der Waals surface area contributed by atoms with E-state index in [2.05, 4.69) is 17.4 Å². The summed E-state index contributed by atoms with van der Waals surface area (Å²) in [5, 5.41) is 12.4. The molecule has 0 saturated carbocycles. The predicted molar refractivity (Wildman–Crippen MR) is 126 cm³/mol. The van der Waals surface area contributed by atoms with Crippen LogP contribution in [0.5, 0.6) is 0 Å². The number of benzene rings is 3. The second-order valence-corrected chi connectivity index (χ2v) is 8.58. The number of amides is 2. The van der Waals surface area contributed by atoms with Gasteiger partial charge in [0.2, 0.25) is 0 Å².